The summed E-state index contributed by atoms with van der Waals surface area (Å²) in [5.74, 6) is 1.36. The molecule has 1 unspecified atom stereocenters. The Kier molecular flexibility index (Phi) is 6.56. The zero-order valence-electron chi connectivity index (χ0n) is 20.4. The highest BCUT2D eigenvalue weighted by Crippen LogP contribution is 2.34. The normalized spacial score (nSPS) is 12.1. The van der Waals surface area contributed by atoms with E-state index >= 15 is 0 Å². The average Bonchev–Trinajstić information content (AvgIpc) is 3.50. The Bertz CT molecular complexity index is 1560. The first-order valence-electron chi connectivity index (χ1n) is 11.6. The minimum atomic E-state index is -0.448. The van der Waals surface area contributed by atoms with Crippen LogP contribution < -0.4 is 14.8 Å². The molecule has 2 aromatic heterocycles. The third-order valence-electron chi connectivity index (χ3n) is 6.04. The number of thioether (sulfide) groups is 1. The zero-order chi connectivity index (χ0) is 25.2. The molecule has 0 aliphatic carbocycles. The number of anilines is 1. The topological polar surface area (TPSA) is 91.4 Å². The molecule has 0 fully saturated rings. The highest BCUT2D eigenvalue weighted by Gasteiger charge is 2.20. The van der Waals surface area contributed by atoms with Gasteiger partial charge in [-0.1, -0.05) is 30.0 Å². The molecule has 5 aromatic rings. The van der Waals surface area contributed by atoms with Crippen molar-refractivity contribution < 1.29 is 18.7 Å². The summed E-state index contributed by atoms with van der Waals surface area (Å²) in [6.07, 6.45) is 0. The second-order valence-electron chi connectivity index (χ2n) is 8.19. The molecule has 9 heteroatoms. The third kappa shape index (κ3) is 4.37. The van der Waals surface area contributed by atoms with E-state index in [9.17, 15) is 4.79 Å². The van der Waals surface area contributed by atoms with E-state index < -0.39 is 5.25 Å². The molecular weight excluding hydrogens is 476 g/mol. The number of ether oxygens (including phenoxy) is 2. The minimum absolute atomic E-state index is 0.149. The van der Waals surface area contributed by atoms with Gasteiger partial charge in [-0.15, -0.1) is 10.2 Å². The molecule has 0 saturated carbocycles. The first-order chi connectivity index (χ1) is 17.5. The van der Waals surface area contributed by atoms with Crippen molar-refractivity contribution in [1.82, 2.24) is 14.8 Å². The van der Waals surface area contributed by atoms with Gasteiger partial charge in [0.1, 0.15) is 0 Å². The summed E-state index contributed by atoms with van der Waals surface area (Å²) >= 11 is 1.21. The summed E-state index contributed by atoms with van der Waals surface area (Å²) in [6, 6.07) is 19.7. The van der Waals surface area contributed by atoms with Gasteiger partial charge in [0, 0.05) is 39.6 Å². The highest BCUT2D eigenvalue weighted by atomic mass is 32.2. The number of carbonyl (C=O) groups is 1. The van der Waals surface area contributed by atoms with Gasteiger partial charge in [-0.05, 0) is 56.3 Å². The van der Waals surface area contributed by atoms with Gasteiger partial charge in [-0.3, -0.25) is 4.79 Å². The van der Waals surface area contributed by atoms with E-state index in [1.165, 1.54) is 22.7 Å². The Morgan fingerprint density at radius 1 is 1.00 bits per heavy atom. The van der Waals surface area contributed by atoms with E-state index in [1.807, 2.05) is 37.3 Å². The summed E-state index contributed by atoms with van der Waals surface area (Å²) < 4.78 is 18.7. The second-order valence-corrected chi connectivity index (χ2v) is 9.48. The first-order valence-corrected chi connectivity index (χ1v) is 12.4. The molecule has 1 amide bonds. The summed E-state index contributed by atoms with van der Waals surface area (Å²) in [6.45, 7) is 4.81. The number of fused-ring (bicyclic) bond motifs is 3. The number of methoxy groups -OCH3 is 2. The van der Waals surface area contributed by atoms with E-state index in [4.69, 9.17) is 13.9 Å². The van der Waals surface area contributed by atoms with Crippen molar-refractivity contribution in [3.63, 3.8) is 0 Å². The Morgan fingerprint density at radius 3 is 2.56 bits per heavy atom. The molecule has 0 aliphatic rings. The molecule has 0 saturated heterocycles. The fourth-order valence-electron chi connectivity index (χ4n) is 4.26. The maximum Gasteiger partial charge on any atom is 0.277 e. The molecule has 5 rings (SSSR count). The third-order valence-corrected chi connectivity index (χ3v) is 6.97. The predicted molar refractivity (Wildman–Crippen MR) is 142 cm³/mol. The average molecular weight is 503 g/mol. The van der Waals surface area contributed by atoms with E-state index in [0.717, 1.165) is 23.1 Å². The Labute approximate surface area is 212 Å². The number of amides is 1. The fourth-order valence-corrected chi connectivity index (χ4v) is 4.95. The van der Waals surface area contributed by atoms with Crippen molar-refractivity contribution in [3.05, 3.63) is 60.7 Å². The largest absolute Gasteiger partial charge is 0.493 e. The van der Waals surface area contributed by atoms with Gasteiger partial charge < -0.3 is 23.8 Å². The number of benzene rings is 3. The van der Waals surface area contributed by atoms with Gasteiger partial charge in [0.05, 0.1) is 19.5 Å². The highest BCUT2D eigenvalue weighted by molar-refractivity contribution is 8.00. The molecule has 36 heavy (non-hydrogen) atoms. The molecule has 2 heterocycles. The van der Waals surface area contributed by atoms with Gasteiger partial charge >= 0.3 is 0 Å². The lowest BCUT2D eigenvalue weighted by atomic mass is 10.1. The van der Waals surface area contributed by atoms with Crippen molar-refractivity contribution in [2.24, 2.45) is 0 Å². The maximum atomic E-state index is 13.0. The number of aryl methyl sites for hydroxylation is 1. The molecule has 1 N–H and O–H groups in total. The summed E-state index contributed by atoms with van der Waals surface area (Å²) in [4.78, 5) is 13.0. The molecule has 184 valence electrons. The number of carbonyl (C=O) groups excluding carboxylic acids is 1. The van der Waals surface area contributed by atoms with Crippen LogP contribution in [0.5, 0.6) is 11.5 Å². The Hall–Kier alpha value is -3.98. The van der Waals surface area contributed by atoms with Crippen LogP contribution in [0.15, 0.2) is 70.3 Å². The number of aromatic nitrogens is 3. The second kappa shape index (κ2) is 9.94. The first kappa shape index (κ1) is 23.7. The minimum Gasteiger partial charge on any atom is -0.493 e. The number of hydrogen-bond donors (Lipinski definition) is 1. The Balaban J connectivity index is 1.31. The van der Waals surface area contributed by atoms with Crippen LogP contribution in [0.4, 0.5) is 5.69 Å². The Morgan fingerprint density at radius 2 is 1.78 bits per heavy atom. The lowest BCUT2D eigenvalue weighted by Crippen LogP contribution is -2.22. The zero-order valence-corrected chi connectivity index (χ0v) is 21.3. The van der Waals surface area contributed by atoms with Crippen LogP contribution in [0.1, 0.15) is 13.8 Å². The van der Waals surface area contributed by atoms with Crippen LogP contribution in [0.2, 0.25) is 0 Å². The quantitative estimate of drug-likeness (QED) is 0.260. The predicted octanol–water partition coefficient (Wildman–Crippen LogP) is 6.00. The van der Waals surface area contributed by atoms with Gasteiger partial charge in [0.25, 0.3) is 5.22 Å². The molecule has 0 spiro atoms. The lowest BCUT2D eigenvalue weighted by Gasteiger charge is -2.10. The fraction of sp³-hybridized carbons (Fsp3) is 0.222. The van der Waals surface area contributed by atoms with Crippen LogP contribution in [-0.4, -0.2) is 40.1 Å². The van der Waals surface area contributed by atoms with Crippen LogP contribution >= 0.6 is 11.8 Å². The smallest absolute Gasteiger partial charge is 0.277 e. The van der Waals surface area contributed by atoms with Crippen molar-refractivity contribution in [1.29, 1.82) is 0 Å². The van der Waals surface area contributed by atoms with Gasteiger partial charge in [-0.2, -0.15) is 0 Å². The van der Waals surface area contributed by atoms with Gasteiger partial charge in [0.15, 0.2) is 11.5 Å². The molecule has 1 atom stereocenters. The number of nitrogens with one attached hydrogen (secondary N) is 1. The van der Waals surface area contributed by atoms with Gasteiger partial charge in [0.2, 0.25) is 11.8 Å². The molecule has 3 aromatic carbocycles. The standard InChI is InChI=1S/C27H26N4O4S/c1-5-31-21-9-7-6-8-19(21)20-15-18(11-12-22(20)31)28-25(32)16(2)36-27-30-29-26(35-27)17-10-13-23(33-3)24(14-17)34-4/h6-16H,5H2,1-4H3,(H,28,32). The molecule has 0 aliphatic heterocycles. The van der Waals surface area contributed by atoms with Crippen molar-refractivity contribution in [2.45, 2.75) is 30.9 Å². The monoisotopic (exact) mass is 502 g/mol. The lowest BCUT2D eigenvalue weighted by molar-refractivity contribution is -0.115. The number of hydrogen-bond acceptors (Lipinski definition) is 7. The van der Waals surface area contributed by atoms with Crippen molar-refractivity contribution >= 4 is 45.2 Å². The molecular formula is C27H26N4O4S. The molecule has 8 nitrogen and oxygen atoms in total. The molecule has 0 radical (unpaired) electrons. The maximum absolute atomic E-state index is 13.0. The van der Waals surface area contributed by atoms with Crippen LogP contribution in [0.3, 0.4) is 0 Å². The van der Waals surface area contributed by atoms with E-state index in [2.05, 4.69) is 45.2 Å². The number of nitrogens with zero attached hydrogens (tertiary/aromatic N) is 3. The van der Waals surface area contributed by atoms with E-state index in [-0.39, 0.29) is 5.91 Å². The summed E-state index contributed by atoms with van der Waals surface area (Å²) in [7, 11) is 3.14. The summed E-state index contributed by atoms with van der Waals surface area (Å²) in [5, 5.41) is 13.4. The van der Waals surface area contributed by atoms with Crippen LogP contribution in [0.25, 0.3) is 33.3 Å². The molecule has 0 bridgehead atoms. The van der Waals surface area contributed by atoms with Crippen LogP contribution in [-0.2, 0) is 11.3 Å². The van der Waals surface area contributed by atoms with E-state index in [0.29, 0.717) is 28.2 Å². The van der Waals surface area contributed by atoms with E-state index in [1.54, 1.807) is 26.4 Å². The number of para-hydroxylation sites is 1. The summed E-state index contributed by atoms with van der Waals surface area (Å²) in [5.41, 5.74) is 3.77. The number of rotatable bonds is 8. The SMILES string of the molecule is CCn1c2ccccc2c2cc(NC(=O)C(C)Sc3nnc(-c4ccc(OC)c(OC)c4)o3)ccc21. The van der Waals surface area contributed by atoms with Gasteiger partial charge in [-0.25, -0.2) is 0 Å². The van der Waals surface area contributed by atoms with Crippen molar-refractivity contribution in [2.75, 3.05) is 19.5 Å². The van der Waals surface area contributed by atoms with Crippen LogP contribution in [0, 0.1) is 0 Å². The van der Waals surface area contributed by atoms with Crippen molar-refractivity contribution in [3.8, 4) is 23.0 Å².